The van der Waals surface area contributed by atoms with E-state index in [0.29, 0.717) is 11.1 Å². The summed E-state index contributed by atoms with van der Waals surface area (Å²) in [6.07, 6.45) is -2.87. The molecule has 0 aliphatic heterocycles. The molecule has 0 saturated heterocycles. The molecule has 1 aromatic carbocycles. The Balaban J connectivity index is 2.09. The van der Waals surface area contributed by atoms with Gasteiger partial charge in [0.15, 0.2) is 0 Å². The predicted molar refractivity (Wildman–Crippen MR) is 94.1 cm³/mol. The summed E-state index contributed by atoms with van der Waals surface area (Å²) in [4.78, 5) is 0. The topological polar surface area (TPSA) is 46.0 Å². The lowest BCUT2D eigenvalue weighted by molar-refractivity contribution is -0.137. The molecular formula is C19H17F3N4. The van der Waals surface area contributed by atoms with E-state index in [2.05, 4.69) is 15.3 Å². The molecule has 3 heterocycles. The molecular weight excluding hydrogens is 341 g/mol. The Morgan fingerprint density at radius 1 is 1.12 bits per heavy atom. The molecule has 0 atom stereocenters. The maximum atomic E-state index is 13.7. The summed E-state index contributed by atoms with van der Waals surface area (Å²) >= 11 is 0. The van der Waals surface area contributed by atoms with Crippen molar-refractivity contribution in [1.82, 2.24) is 19.8 Å². The van der Waals surface area contributed by atoms with Crippen molar-refractivity contribution in [1.29, 1.82) is 0 Å². The third kappa shape index (κ3) is 2.55. The summed E-state index contributed by atoms with van der Waals surface area (Å²) in [5.41, 5.74) is 2.86. The highest BCUT2D eigenvalue weighted by Crippen LogP contribution is 2.39. The first-order valence-corrected chi connectivity index (χ1v) is 8.29. The summed E-state index contributed by atoms with van der Waals surface area (Å²) in [5.74, 6) is 0.121. The van der Waals surface area contributed by atoms with Gasteiger partial charge in [-0.15, -0.1) is 0 Å². The number of nitrogens with one attached hydrogen (secondary N) is 1. The van der Waals surface area contributed by atoms with Crippen LogP contribution in [-0.2, 0) is 6.18 Å². The Bertz CT molecular complexity index is 1120. The van der Waals surface area contributed by atoms with Gasteiger partial charge in [-0.3, -0.25) is 5.10 Å². The molecule has 0 aliphatic rings. The van der Waals surface area contributed by atoms with E-state index < -0.39 is 11.7 Å². The average molecular weight is 358 g/mol. The van der Waals surface area contributed by atoms with Gasteiger partial charge in [0.1, 0.15) is 0 Å². The van der Waals surface area contributed by atoms with Crippen molar-refractivity contribution in [3.05, 3.63) is 53.3 Å². The number of benzene rings is 1. The van der Waals surface area contributed by atoms with Gasteiger partial charge in [-0.1, -0.05) is 13.8 Å². The second-order valence-electron chi connectivity index (χ2n) is 6.78. The van der Waals surface area contributed by atoms with Crippen molar-refractivity contribution in [3.63, 3.8) is 0 Å². The molecule has 0 bridgehead atoms. The molecule has 1 N–H and O–H groups in total. The van der Waals surface area contributed by atoms with Crippen LogP contribution in [0.4, 0.5) is 13.2 Å². The number of nitrogens with zero attached hydrogens (tertiary/aromatic N) is 3. The zero-order valence-corrected chi connectivity index (χ0v) is 14.5. The van der Waals surface area contributed by atoms with Crippen LogP contribution in [0, 0.1) is 6.92 Å². The van der Waals surface area contributed by atoms with E-state index in [4.69, 9.17) is 0 Å². The van der Waals surface area contributed by atoms with Crippen LogP contribution in [0.2, 0.25) is 0 Å². The number of halogens is 3. The van der Waals surface area contributed by atoms with Gasteiger partial charge < -0.3 is 0 Å². The molecule has 0 saturated carbocycles. The lowest BCUT2D eigenvalue weighted by atomic mass is 10.0. The summed E-state index contributed by atoms with van der Waals surface area (Å²) in [7, 11) is 0. The number of aromatic amines is 1. The van der Waals surface area contributed by atoms with Crippen molar-refractivity contribution < 1.29 is 13.2 Å². The highest BCUT2D eigenvalue weighted by Gasteiger charge is 2.35. The zero-order chi connectivity index (χ0) is 18.6. The number of fused-ring (bicyclic) bond motifs is 2. The summed E-state index contributed by atoms with van der Waals surface area (Å²) in [5, 5.41) is 12.1. The van der Waals surface area contributed by atoms with Gasteiger partial charge in [-0.25, -0.2) is 4.52 Å². The first-order chi connectivity index (χ1) is 12.3. The monoisotopic (exact) mass is 358 g/mol. The molecule has 0 aliphatic carbocycles. The van der Waals surface area contributed by atoms with Crippen LogP contribution in [0.1, 0.15) is 36.6 Å². The quantitative estimate of drug-likeness (QED) is 0.526. The average Bonchev–Trinajstić information content (AvgIpc) is 3.19. The van der Waals surface area contributed by atoms with Gasteiger partial charge in [-0.2, -0.15) is 23.4 Å². The van der Waals surface area contributed by atoms with Gasteiger partial charge in [0.2, 0.25) is 0 Å². The van der Waals surface area contributed by atoms with E-state index in [0.717, 1.165) is 28.2 Å². The fourth-order valence-corrected chi connectivity index (χ4v) is 3.24. The summed E-state index contributed by atoms with van der Waals surface area (Å²) in [6.45, 7) is 5.78. The van der Waals surface area contributed by atoms with Crippen molar-refractivity contribution >= 4 is 16.4 Å². The van der Waals surface area contributed by atoms with Crippen LogP contribution in [0.3, 0.4) is 0 Å². The minimum Gasteiger partial charge on any atom is -0.278 e. The van der Waals surface area contributed by atoms with Crippen LogP contribution < -0.4 is 0 Å². The van der Waals surface area contributed by atoms with E-state index in [-0.39, 0.29) is 11.6 Å². The fraction of sp³-hybridized carbons (Fsp3) is 0.263. The molecule has 4 aromatic rings. The third-order valence-electron chi connectivity index (χ3n) is 4.56. The Kier molecular flexibility index (Phi) is 3.57. The Morgan fingerprint density at radius 3 is 2.58 bits per heavy atom. The van der Waals surface area contributed by atoms with Crippen LogP contribution in [0.5, 0.6) is 0 Å². The van der Waals surface area contributed by atoms with Crippen LogP contribution in [0.25, 0.3) is 27.7 Å². The molecule has 134 valence electrons. The zero-order valence-electron chi connectivity index (χ0n) is 14.5. The molecule has 0 radical (unpaired) electrons. The van der Waals surface area contributed by atoms with Gasteiger partial charge in [0.05, 0.1) is 34.2 Å². The van der Waals surface area contributed by atoms with E-state index >= 15 is 0 Å². The third-order valence-corrected chi connectivity index (χ3v) is 4.56. The van der Waals surface area contributed by atoms with E-state index in [9.17, 15) is 13.2 Å². The van der Waals surface area contributed by atoms with E-state index in [1.807, 2.05) is 26.8 Å². The normalized spacial score (nSPS) is 12.6. The van der Waals surface area contributed by atoms with Crippen molar-refractivity contribution in [3.8, 4) is 11.3 Å². The number of hydrogen-bond acceptors (Lipinski definition) is 2. The van der Waals surface area contributed by atoms with Gasteiger partial charge in [0, 0.05) is 10.9 Å². The lowest BCUT2D eigenvalue weighted by Crippen LogP contribution is -2.11. The van der Waals surface area contributed by atoms with Crippen LogP contribution in [-0.4, -0.2) is 19.8 Å². The largest absolute Gasteiger partial charge is 0.418 e. The first kappa shape index (κ1) is 16.6. The first-order valence-electron chi connectivity index (χ1n) is 8.29. The molecule has 0 unspecified atom stereocenters. The highest BCUT2D eigenvalue weighted by molar-refractivity contribution is 5.87. The standard InChI is InChI=1S/C19H17F3N4/c1-10(2)16-8-14-4-5-15(19(20,21)22)18(26(14)25-16)12-6-11(3)17-13(7-12)9-23-24-17/h4-10H,1-3H3,(H,23,24). The Hall–Kier alpha value is -2.83. The number of rotatable bonds is 2. The molecule has 4 nitrogen and oxygen atoms in total. The van der Waals surface area contributed by atoms with E-state index in [1.165, 1.54) is 10.6 Å². The molecule has 0 spiro atoms. The second kappa shape index (κ2) is 5.59. The minimum atomic E-state index is -4.48. The Morgan fingerprint density at radius 2 is 1.88 bits per heavy atom. The fourth-order valence-electron chi connectivity index (χ4n) is 3.24. The van der Waals surface area contributed by atoms with Crippen molar-refractivity contribution in [2.45, 2.75) is 32.9 Å². The number of hydrogen-bond donors (Lipinski definition) is 1. The van der Waals surface area contributed by atoms with Crippen LogP contribution in [0.15, 0.2) is 36.5 Å². The van der Waals surface area contributed by atoms with Crippen molar-refractivity contribution in [2.24, 2.45) is 0 Å². The number of H-pyrrole nitrogens is 1. The molecule has 4 rings (SSSR count). The van der Waals surface area contributed by atoms with Gasteiger partial charge in [-0.05, 0) is 48.7 Å². The van der Waals surface area contributed by atoms with Gasteiger partial charge in [0.25, 0.3) is 0 Å². The summed E-state index contributed by atoms with van der Waals surface area (Å²) < 4.78 is 42.6. The van der Waals surface area contributed by atoms with Gasteiger partial charge >= 0.3 is 6.18 Å². The predicted octanol–water partition coefficient (Wildman–Crippen LogP) is 5.33. The van der Waals surface area contributed by atoms with Crippen molar-refractivity contribution in [2.75, 3.05) is 0 Å². The number of aryl methyl sites for hydroxylation is 1. The van der Waals surface area contributed by atoms with E-state index in [1.54, 1.807) is 18.3 Å². The summed E-state index contributed by atoms with van der Waals surface area (Å²) in [6, 6.07) is 7.88. The maximum absolute atomic E-state index is 13.7. The Labute approximate surface area is 147 Å². The molecule has 7 heteroatoms. The molecule has 0 amide bonds. The van der Waals surface area contributed by atoms with Crippen LogP contribution >= 0.6 is 0 Å². The smallest absolute Gasteiger partial charge is 0.278 e. The lowest BCUT2D eigenvalue weighted by Gasteiger charge is -2.15. The molecule has 0 fully saturated rings. The number of aromatic nitrogens is 4. The maximum Gasteiger partial charge on any atom is 0.418 e. The SMILES string of the molecule is Cc1cc(-c2c(C(F)(F)F)ccc3cc(C(C)C)nn23)cc2cn[nH]c12. The number of pyridine rings is 1. The molecule has 26 heavy (non-hydrogen) atoms. The number of alkyl halides is 3. The minimum absolute atomic E-state index is 0.0492. The highest BCUT2D eigenvalue weighted by atomic mass is 19.4. The molecule has 3 aromatic heterocycles. The second-order valence-corrected chi connectivity index (χ2v) is 6.78.